The minimum absolute atomic E-state index is 0.425. The Balaban J connectivity index is 2.09. The number of nitrogens with zero attached hydrogens (tertiary/aromatic N) is 1. The lowest BCUT2D eigenvalue weighted by atomic mass is 10.0. The van der Waals surface area contributed by atoms with Crippen molar-refractivity contribution in [2.45, 2.75) is 25.5 Å². The summed E-state index contributed by atoms with van der Waals surface area (Å²) in [5, 5.41) is 15.5. The van der Waals surface area contributed by atoms with Crippen molar-refractivity contribution in [1.82, 2.24) is 10.3 Å². The first-order valence-corrected chi connectivity index (χ1v) is 6.83. The van der Waals surface area contributed by atoms with Crippen LogP contribution in [-0.2, 0) is 10.3 Å². The minimum atomic E-state index is -1.17. The van der Waals surface area contributed by atoms with Gasteiger partial charge in [-0.3, -0.25) is 4.79 Å². The van der Waals surface area contributed by atoms with Crippen LogP contribution >= 0.6 is 11.3 Å². The van der Waals surface area contributed by atoms with Gasteiger partial charge in [-0.05, 0) is 19.4 Å². The summed E-state index contributed by atoms with van der Waals surface area (Å²) in [7, 11) is 0. The van der Waals surface area contributed by atoms with Crippen LogP contribution < -0.4 is 5.32 Å². The smallest absolute Gasteiger partial charge is 0.254 e. The topological polar surface area (TPSA) is 62.2 Å². The van der Waals surface area contributed by atoms with Crippen molar-refractivity contribution in [3.63, 3.8) is 0 Å². The van der Waals surface area contributed by atoms with Gasteiger partial charge < -0.3 is 10.4 Å². The molecule has 0 aliphatic carbocycles. The van der Waals surface area contributed by atoms with Gasteiger partial charge in [0.15, 0.2) is 6.10 Å². The van der Waals surface area contributed by atoms with Gasteiger partial charge in [-0.1, -0.05) is 30.3 Å². The fourth-order valence-corrected chi connectivity index (χ4v) is 2.47. The van der Waals surface area contributed by atoms with Crippen molar-refractivity contribution >= 4 is 17.2 Å². The van der Waals surface area contributed by atoms with Gasteiger partial charge in [0.2, 0.25) is 0 Å². The van der Waals surface area contributed by atoms with Crippen LogP contribution in [0.2, 0.25) is 0 Å². The van der Waals surface area contributed by atoms with Gasteiger partial charge in [-0.25, -0.2) is 4.98 Å². The number of carbonyl (C=O) groups excluding carboxylic acids is 1. The maximum Gasteiger partial charge on any atom is 0.254 e. The number of thiazole rings is 1. The molecule has 19 heavy (non-hydrogen) atoms. The molecule has 1 unspecified atom stereocenters. The minimum Gasteiger partial charge on any atom is -0.378 e. The number of hydrogen-bond acceptors (Lipinski definition) is 4. The number of benzene rings is 1. The fraction of sp³-hybridized carbons (Fsp3) is 0.286. The van der Waals surface area contributed by atoms with Crippen molar-refractivity contribution in [3.05, 3.63) is 52.5 Å². The van der Waals surface area contributed by atoms with E-state index in [1.54, 1.807) is 30.5 Å². The fourth-order valence-electron chi connectivity index (χ4n) is 1.75. The Morgan fingerprint density at radius 3 is 2.63 bits per heavy atom. The first kappa shape index (κ1) is 13.7. The van der Waals surface area contributed by atoms with Crippen LogP contribution in [0.25, 0.3) is 0 Å². The molecule has 1 heterocycles. The van der Waals surface area contributed by atoms with Gasteiger partial charge in [-0.2, -0.15) is 0 Å². The lowest BCUT2D eigenvalue weighted by Crippen LogP contribution is -2.43. The van der Waals surface area contributed by atoms with E-state index in [1.807, 2.05) is 25.3 Å². The molecule has 1 amide bonds. The average molecular weight is 276 g/mol. The van der Waals surface area contributed by atoms with Crippen LogP contribution in [0.1, 0.15) is 30.5 Å². The highest BCUT2D eigenvalue weighted by Crippen LogP contribution is 2.23. The largest absolute Gasteiger partial charge is 0.378 e. The molecule has 0 fully saturated rings. The molecule has 1 atom stereocenters. The molecule has 2 N–H and O–H groups in total. The predicted octanol–water partition coefficient (Wildman–Crippen LogP) is 2.23. The second kappa shape index (κ2) is 5.50. The van der Waals surface area contributed by atoms with E-state index in [2.05, 4.69) is 10.3 Å². The summed E-state index contributed by atoms with van der Waals surface area (Å²) in [6, 6.07) is 8.87. The molecule has 0 aliphatic rings. The van der Waals surface area contributed by atoms with Crippen LogP contribution in [0.15, 0.2) is 41.9 Å². The third-order valence-corrected chi connectivity index (χ3v) is 3.86. The van der Waals surface area contributed by atoms with E-state index in [0.29, 0.717) is 5.56 Å². The van der Waals surface area contributed by atoms with Crippen LogP contribution in [0, 0.1) is 0 Å². The number of hydrogen-bond donors (Lipinski definition) is 2. The summed E-state index contributed by atoms with van der Waals surface area (Å²) in [5.74, 6) is -0.425. The Morgan fingerprint density at radius 1 is 1.37 bits per heavy atom. The molecule has 1 aromatic heterocycles. The third kappa shape index (κ3) is 3.19. The molecular formula is C14H16N2O2S. The first-order chi connectivity index (χ1) is 9.00. The summed E-state index contributed by atoms with van der Waals surface area (Å²) in [6.07, 6.45) is 0.530. The van der Waals surface area contributed by atoms with E-state index >= 15 is 0 Å². The van der Waals surface area contributed by atoms with Gasteiger partial charge in [-0.15, -0.1) is 11.3 Å². The molecule has 4 nitrogen and oxygen atoms in total. The van der Waals surface area contributed by atoms with Crippen molar-refractivity contribution in [3.8, 4) is 0 Å². The normalized spacial score (nSPS) is 13.0. The highest BCUT2D eigenvalue weighted by Gasteiger charge is 2.28. The maximum atomic E-state index is 12.1. The second-order valence-corrected chi connectivity index (χ2v) is 5.66. The zero-order valence-electron chi connectivity index (χ0n) is 10.8. The van der Waals surface area contributed by atoms with Crippen LogP contribution in [0.5, 0.6) is 0 Å². The summed E-state index contributed by atoms with van der Waals surface area (Å²) >= 11 is 1.47. The van der Waals surface area contributed by atoms with E-state index in [4.69, 9.17) is 0 Å². The Bertz CT molecular complexity index is 538. The van der Waals surface area contributed by atoms with Crippen molar-refractivity contribution < 1.29 is 9.90 Å². The molecule has 0 spiro atoms. The van der Waals surface area contributed by atoms with E-state index in [1.165, 1.54) is 11.3 Å². The molecule has 0 radical (unpaired) electrons. The SMILES string of the molecule is CC(C)(NC(=O)C(O)c1ccccc1)c1nccs1. The second-order valence-electron chi connectivity index (χ2n) is 4.76. The van der Waals surface area contributed by atoms with E-state index < -0.39 is 17.6 Å². The maximum absolute atomic E-state index is 12.1. The van der Waals surface area contributed by atoms with Crippen molar-refractivity contribution in [2.24, 2.45) is 0 Å². The molecular weight excluding hydrogens is 260 g/mol. The molecule has 5 heteroatoms. The lowest BCUT2D eigenvalue weighted by Gasteiger charge is -2.25. The molecule has 0 aliphatic heterocycles. The average Bonchev–Trinajstić information content (AvgIpc) is 2.93. The number of aliphatic hydroxyl groups is 1. The Labute approximate surface area is 116 Å². The van der Waals surface area contributed by atoms with Gasteiger partial charge >= 0.3 is 0 Å². The molecule has 0 saturated heterocycles. The van der Waals surface area contributed by atoms with Crippen molar-refractivity contribution in [1.29, 1.82) is 0 Å². The summed E-state index contributed by atoms with van der Waals surface area (Å²) in [4.78, 5) is 16.3. The van der Waals surface area contributed by atoms with Crippen LogP contribution in [0.3, 0.4) is 0 Å². The first-order valence-electron chi connectivity index (χ1n) is 5.96. The summed E-state index contributed by atoms with van der Waals surface area (Å²) in [6.45, 7) is 3.73. The Hall–Kier alpha value is -1.72. The zero-order chi connectivity index (χ0) is 13.9. The van der Waals surface area contributed by atoms with E-state index in [0.717, 1.165) is 5.01 Å². The molecule has 100 valence electrons. The number of rotatable bonds is 4. The standard InChI is InChI=1S/C14H16N2O2S/c1-14(2,13-15-8-9-19-13)16-12(18)11(17)10-6-4-3-5-7-10/h3-9,11,17H,1-2H3,(H,16,18). The highest BCUT2D eigenvalue weighted by atomic mass is 32.1. The van der Waals surface area contributed by atoms with Gasteiger partial charge in [0, 0.05) is 11.6 Å². The number of nitrogens with one attached hydrogen (secondary N) is 1. The van der Waals surface area contributed by atoms with Crippen LogP contribution in [-0.4, -0.2) is 16.0 Å². The number of amides is 1. The monoisotopic (exact) mass is 276 g/mol. The molecule has 2 aromatic rings. The van der Waals surface area contributed by atoms with Gasteiger partial charge in [0.25, 0.3) is 5.91 Å². The van der Waals surface area contributed by atoms with Gasteiger partial charge in [0.05, 0.1) is 5.54 Å². The molecule has 2 rings (SSSR count). The Morgan fingerprint density at radius 2 is 2.05 bits per heavy atom. The number of carbonyl (C=O) groups is 1. The van der Waals surface area contributed by atoms with Gasteiger partial charge in [0.1, 0.15) is 5.01 Å². The summed E-state index contributed by atoms with van der Waals surface area (Å²) in [5.41, 5.74) is -0.0176. The molecule has 0 bridgehead atoms. The van der Waals surface area contributed by atoms with E-state index in [-0.39, 0.29) is 0 Å². The third-order valence-electron chi connectivity index (χ3n) is 2.77. The number of aliphatic hydroxyl groups excluding tert-OH is 1. The zero-order valence-corrected chi connectivity index (χ0v) is 11.6. The van der Waals surface area contributed by atoms with E-state index in [9.17, 15) is 9.90 Å². The quantitative estimate of drug-likeness (QED) is 0.900. The lowest BCUT2D eigenvalue weighted by molar-refractivity contribution is -0.131. The highest BCUT2D eigenvalue weighted by molar-refractivity contribution is 7.09. The molecule has 0 saturated carbocycles. The summed E-state index contributed by atoms with van der Waals surface area (Å²) < 4.78 is 0. The Kier molecular flexibility index (Phi) is 3.97. The predicted molar refractivity (Wildman–Crippen MR) is 74.7 cm³/mol. The van der Waals surface area contributed by atoms with Crippen molar-refractivity contribution in [2.75, 3.05) is 0 Å². The van der Waals surface area contributed by atoms with Crippen LogP contribution in [0.4, 0.5) is 0 Å². The molecule has 1 aromatic carbocycles. The number of aromatic nitrogens is 1.